The smallest absolute Gasteiger partial charge is 0.254 e. The van der Waals surface area contributed by atoms with E-state index in [0.717, 1.165) is 0 Å². The maximum absolute atomic E-state index is 10.7. The summed E-state index contributed by atoms with van der Waals surface area (Å²) in [6.07, 6.45) is 1.60. The van der Waals surface area contributed by atoms with E-state index in [4.69, 9.17) is 16.7 Å². The van der Waals surface area contributed by atoms with Crippen LogP contribution in [0.3, 0.4) is 0 Å². The molecule has 1 rings (SSSR count). The van der Waals surface area contributed by atoms with Crippen molar-refractivity contribution < 1.29 is 4.79 Å². The van der Waals surface area contributed by atoms with Crippen LogP contribution in [0.1, 0.15) is 16.8 Å². The highest BCUT2D eigenvalue weighted by Crippen LogP contribution is 2.09. The van der Waals surface area contributed by atoms with E-state index in [9.17, 15) is 4.79 Å². The quantitative estimate of drug-likeness (QED) is 0.650. The summed E-state index contributed by atoms with van der Waals surface area (Å²) >= 11 is 0. The fraction of sp³-hybridized carbons (Fsp3) is 0.286. The van der Waals surface area contributed by atoms with Crippen molar-refractivity contribution in [3.63, 3.8) is 0 Å². The molecule has 0 bridgehead atoms. The predicted octanol–water partition coefficient (Wildman–Crippen LogP) is -0.522. The third-order valence-corrected chi connectivity index (χ3v) is 1.58. The molecule has 0 radical (unpaired) electrons. The van der Waals surface area contributed by atoms with Gasteiger partial charge in [0, 0.05) is 0 Å². The first kappa shape index (κ1) is 9.06. The monoisotopic (exact) mass is 179 g/mol. The number of amides is 1. The zero-order chi connectivity index (χ0) is 9.84. The standard InChI is InChI=1S/C7H9N5O/c8-2-1-3-12-6(9)5(4-11-12)7(10)13/h4H,1,3,9H2,(H2,10,13). The number of carbonyl (C=O) groups excluding carboxylic acids is 1. The van der Waals surface area contributed by atoms with Crippen molar-refractivity contribution in [1.29, 1.82) is 5.26 Å². The summed E-state index contributed by atoms with van der Waals surface area (Å²) < 4.78 is 1.38. The van der Waals surface area contributed by atoms with Crippen LogP contribution in [0.15, 0.2) is 6.20 Å². The van der Waals surface area contributed by atoms with Gasteiger partial charge in [0.1, 0.15) is 11.4 Å². The summed E-state index contributed by atoms with van der Waals surface area (Å²) in [5, 5.41) is 12.1. The van der Waals surface area contributed by atoms with Crippen molar-refractivity contribution in [1.82, 2.24) is 9.78 Å². The van der Waals surface area contributed by atoms with Gasteiger partial charge >= 0.3 is 0 Å². The highest BCUT2D eigenvalue weighted by atomic mass is 16.1. The van der Waals surface area contributed by atoms with Crippen LogP contribution in [-0.4, -0.2) is 15.7 Å². The summed E-state index contributed by atoms with van der Waals surface area (Å²) in [7, 11) is 0. The second kappa shape index (κ2) is 3.58. The van der Waals surface area contributed by atoms with Gasteiger partial charge in [0.25, 0.3) is 5.91 Å². The maximum Gasteiger partial charge on any atom is 0.254 e. The molecule has 6 heteroatoms. The number of aryl methyl sites for hydroxylation is 1. The van der Waals surface area contributed by atoms with Crippen molar-refractivity contribution in [2.75, 3.05) is 5.73 Å². The molecule has 1 heterocycles. The van der Waals surface area contributed by atoms with Gasteiger partial charge < -0.3 is 11.5 Å². The number of primary amides is 1. The molecule has 0 aromatic carbocycles. The fourth-order valence-corrected chi connectivity index (χ4v) is 0.919. The first-order chi connectivity index (χ1) is 6.16. The van der Waals surface area contributed by atoms with E-state index in [1.165, 1.54) is 10.9 Å². The van der Waals surface area contributed by atoms with Crippen molar-refractivity contribution >= 4 is 11.7 Å². The number of nitrogens with two attached hydrogens (primary N) is 2. The number of hydrogen-bond acceptors (Lipinski definition) is 4. The van der Waals surface area contributed by atoms with E-state index >= 15 is 0 Å². The van der Waals surface area contributed by atoms with Crippen LogP contribution in [0.4, 0.5) is 5.82 Å². The van der Waals surface area contributed by atoms with Gasteiger partial charge in [0.15, 0.2) is 0 Å². The highest BCUT2D eigenvalue weighted by Gasteiger charge is 2.10. The maximum atomic E-state index is 10.7. The number of nitrogen functional groups attached to an aromatic ring is 1. The van der Waals surface area contributed by atoms with Crippen LogP contribution in [0.2, 0.25) is 0 Å². The molecule has 0 atom stereocenters. The molecule has 68 valence electrons. The SMILES string of the molecule is N#CCCn1ncc(C(N)=O)c1N. The minimum atomic E-state index is -0.610. The minimum Gasteiger partial charge on any atom is -0.383 e. The van der Waals surface area contributed by atoms with E-state index in [2.05, 4.69) is 5.10 Å². The number of nitriles is 1. The van der Waals surface area contributed by atoms with Crippen molar-refractivity contribution in [3.8, 4) is 6.07 Å². The second-order valence-corrected chi connectivity index (χ2v) is 2.44. The molecule has 13 heavy (non-hydrogen) atoms. The van der Waals surface area contributed by atoms with Crippen LogP contribution in [0.25, 0.3) is 0 Å². The molecule has 0 fully saturated rings. The molecular weight excluding hydrogens is 170 g/mol. The van der Waals surface area contributed by atoms with Gasteiger partial charge in [-0.1, -0.05) is 0 Å². The van der Waals surface area contributed by atoms with Gasteiger partial charge in [-0.3, -0.25) is 4.79 Å². The number of hydrogen-bond donors (Lipinski definition) is 2. The van der Waals surface area contributed by atoms with Gasteiger partial charge in [-0.05, 0) is 0 Å². The van der Waals surface area contributed by atoms with E-state index in [0.29, 0.717) is 13.0 Å². The number of anilines is 1. The lowest BCUT2D eigenvalue weighted by atomic mass is 10.3. The summed E-state index contributed by atoms with van der Waals surface area (Å²) in [5.74, 6) is -0.400. The number of carbonyl (C=O) groups is 1. The lowest BCUT2D eigenvalue weighted by molar-refractivity contribution is 0.100. The Labute approximate surface area is 74.7 Å². The lowest BCUT2D eigenvalue weighted by Gasteiger charge is -1.99. The Balaban J connectivity index is 2.88. The summed E-state index contributed by atoms with van der Waals surface area (Å²) in [5.41, 5.74) is 10.7. The molecule has 0 aliphatic rings. The van der Waals surface area contributed by atoms with E-state index in [1.54, 1.807) is 0 Å². The Morgan fingerprint density at radius 3 is 2.92 bits per heavy atom. The van der Waals surface area contributed by atoms with Crippen molar-refractivity contribution in [3.05, 3.63) is 11.8 Å². The van der Waals surface area contributed by atoms with Gasteiger partial charge in [-0.25, -0.2) is 4.68 Å². The third-order valence-electron chi connectivity index (χ3n) is 1.58. The largest absolute Gasteiger partial charge is 0.383 e. The number of nitrogens with zero attached hydrogens (tertiary/aromatic N) is 3. The van der Waals surface area contributed by atoms with Crippen LogP contribution in [0, 0.1) is 11.3 Å². The molecule has 0 aliphatic heterocycles. The van der Waals surface area contributed by atoms with Crippen molar-refractivity contribution in [2.24, 2.45) is 5.73 Å². The molecule has 1 aromatic heterocycles. The Morgan fingerprint density at radius 1 is 1.77 bits per heavy atom. The zero-order valence-electron chi connectivity index (χ0n) is 6.90. The molecule has 0 saturated heterocycles. The number of rotatable bonds is 3. The van der Waals surface area contributed by atoms with E-state index < -0.39 is 5.91 Å². The minimum absolute atomic E-state index is 0.193. The van der Waals surface area contributed by atoms with Gasteiger partial charge in [0.05, 0.1) is 25.2 Å². The molecule has 0 aliphatic carbocycles. The van der Waals surface area contributed by atoms with Crippen LogP contribution >= 0.6 is 0 Å². The van der Waals surface area contributed by atoms with E-state index in [-0.39, 0.29) is 11.4 Å². The third kappa shape index (κ3) is 1.76. The summed E-state index contributed by atoms with van der Waals surface area (Å²) in [4.78, 5) is 10.7. The molecule has 4 N–H and O–H groups in total. The van der Waals surface area contributed by atoms with Crippen molar-refractivity contribution in [2.45, 2.75) is 13.0 Å². The summed E-state index contributed by atoms with van der Waals surface area (Å²) in [6, 6.07) is 1.95. The Morgan fingerprint density at radius 2 is 2.46 bits per heavy atom. The van der Waals surface area contributed by atoms with Crippen LogP contribution in [0.5, 0.6) is 0 Å². The average Bonchev–Trinajstić information content (AvgIpc) is 2.43. The molecule has 0 saturated carbocycles. The molecule has 0 spiro atoms. The highest BCUT2D eigenvalue weighted by molar-refractivity contribution is 5.96. The topological polar surface area (TPSA) is 111 Å². The molecule has 1 aromatic rings. The first-order valence-electron chi connectivity index (χ1n) is 3.65. The predicted molar refractivity (Wildman–Crippen MR) is 45.4 cm³/mol. The van der Waals surface area contributed by atoms with Crippen LogP contribution < -0.4 is 11.5 Å². The second-order valence-electron chi connectivity index (χ2n) is 2.44. The zero-order valence-corrected chi connectivity index (χ0v) is 6.90. The Hall–Kier alpha value is -2.03. The first-order valence-corrected chi connectivity index (χ1v) is 3.65. The molecule has 1 amide bonds. The van der Waals surface area contributed by atoms with Gasteiger partial charge in [-0.15, -0.1) is 0 Å². The Kier molecular flexibility index (Phi) is 2.50. The van der Waals surface area contributed by atoms with Crippen LogP contribution in [-0.2, 0) is 6.54 Å². The molecule has 0 unspecified atom stereocenters. The lowest BCUT2D eigenvalue weighted by Crippen LogP contribution is -2.13. The summed E-state index contributed by atoms with van der Waals surface area (Å²) in [6.45, 7) is 0.371. The van der Waals surface area contributed by atoms with E-state index in [1.807, 2.05) is 6.07 Å². The molecular formula is C7H9N5O. The fourth-order valence-electron chi connectivity index (χ4n) is 0.919. The molecule has 6 nitrogen and oxygen atoms in total. The normalized spacial score (nSPS) is 9.46. The number of aromatic nitrogens is 2. The van der Waals surface area contributed by atoms with Gasteiger partial charge in [0.2, 0.25) is 0 Å². The Bertz CT molecular complexity index is 361. The average molecular weight is 179 g/mol. The van der Waals surface area contributed by atoms with Gasteiger partial charge in [-0.2, -0.15) is 10.4 Å².